The van der Waals surface area contributed by atoms with Gasteiger partial charge in [0.25, 0.3) is 0 Å². The summed E-state index contributed by atoms with van der Waals surface area (Å²) < 4.78 is 41.8. The Morgan fingerprint density at radius 1 is 1.27 bits per heavy atom. The Balaban J connectivity index is 1.51. The van der Waals surface area contributed by atoms with E-state index in [2.05, 4.69) is 41.6 Å². The summed E-state index contributed by atoms with van der Waals surface area (Å²) in [7, 11) is 1.12. The number of likely N-dealkylation sites (N-methyl/N-ethyl adjacent to an activating group) is 1. The summed E-state index contributed by atoms with van der Waals surface area (Å²) in [5.41, 5.74) is 2.74. The van der Waals surface area contributed by atoms with Crippen molar-refractivity contribution >= 4 is 11.6 Å². The van der Waals surface area contributed by atoms with E-state index in [0.717, 1.165) is 13.5 Å². The predicted octanol–water partition coefficient (Wildman–Crippen LogP) is 3.18. The van der Waals surface area contributed by atoms with Gasteiger partial charge in [-0.2, -0.15) is 13.2 Å². The summed E-state index contributed by atoms with van der Waals surface area (Å²) in [6, 6.07) is 8.17. The summed E-state index contributed by atoms with van der Waals surface area (Å²) in [6.07, 6.45) is -3.15. The second-order valence-electron chi connectivity index (χ2n) is 9.50. The number of halogens is 3. The predicted molar refractivity (Wildman–Crippen MR) is 119 cm³/mol. The van der Waals surface area contributed by atoms with E-state index in [0.29, 0.717) is 10.6 Å². The minimum atomic E-state index is -4.70. The molecular formula is C24H29F3N4O2. The van der Waals surface area contributed by atoms with Crippen LogP contribution in [-0.2, 0) is 16.6 Å². The van der Waals surface area contributed by atoms with Gasteiger partial charge in [0.1, 0.15) is 0 Å². The molecule has 1 aliphatic carbocycles. The quantitative estimate of drug-likeness (QED) is 0.636. The summed E-state index contributed by atoms with van der Waals surface area (Å²) in [5.74, 6) is -0.719. The Kier molecular flexibility index (Phi) is 6.13. The third-order valence-corrected chi connectivity index (χ3v) is 6.86. The molecule has 2 heterocycles. The molecule has 4 atom stereocenters. The van der Waals surface area contributed by atoms with Crippen LogP contribution in [0.15, 0.2) is 42.6 Å². The van der Waals surface area contributed by atoms with Gasteiger partial charge in [0, 0.05) is 25.0 Å². The van der Waals surface area contributed by atoms with Crippen molar-refractivity contribution in [2.45, 2.75) is 62.5 Å². The zero-order valence-electron chi connectivity index (χ0n) is 18.9. The number of nitrogens with one attached hydrogen (secondary N) is 2. The normalized spacial score (nSPS) is 24.9. The van der Waals surface area contributed by atoms with Crippen LogP contribution >= 0.6 is 0 Å². The minimum Gasteiger partial charge on any atom is -0.392 e. The van der Waals surface area contributed by atoms with Crippen molar-refractivity contribution in [3.05, 3.63) is 59.4 Å². The molecule has 3 N–H and O–H groups in total. The van der Waals surface area contributed by atoms with E-state index in [4.69, 9.17) is 0 Å². The molecule has 6 nitrogen and oxygen atoms in total. The van der Waals surface area contributed by atoms with Crippen molar-refractivity contribution in [2.24, 2.45) is 0 Å². The molecule has 0 radical (unpaired) electrons. The monoisotopic (exact) mass is 462 g/mol. The van der Waals surface area contributed by atoms with E-state index >= 15 is 0 Å². The van der Waals surface area contributed by atoms with Gasteiger partial charge in [-0.3, -0.25) is 9.78 Å². The van der Waals surface area contributed by atoms with Gasteiger partial charge in [0.05, 0.1) is 29.7 Å². The largest absolute Gasteiger partial charge is 0.414 e. The number of β-amino-alcohol motifs (C(OH)–C–C–N with tert-alkyl or cyclic N) is 1. The molecule has 1 aromatic heterocycles. The van der Waals surface area contributed by atoms with Gasteiger partial charge in [0.2, 0.25) is 5.91 Å². The number of carbonyl (C=O) groups is 1. The molecule has 33 heavy (non-hydrogen) atoms. The Bertz CT molecular complexity index is 1010. The summed E-state index contributed by atoms with van der Waals surface area (Å²) in [6.45, 7) is 4.47. The second-order valence-corrected chi connectivity index (χ2v) is 9.50. The van der Waals surface area contributed by atoms with Crippen molar-refractivity contribution in [1.82, 2.24) is 15.2 Å². The highest BCUT2D eigenvalue weighted by Crippen LogP contribution is 2.40. The van der Waals surface area contributed by atoms with Crippen LogP contribution in [0, 0.1) is 0 Å². The van der Waals surface area contributed by atoms with Gasteiger partial charge in [-0.05, 0) is 36.1 Å². The van der Waals surface area contributed by atoms with Crippen molar-refractivity contribution in [2.75, 3.05) is 18.9 Å². The summed E-state index contributed by atoms with van der Waals surface area (Å²) >= 11 is 0. The van der Waals surface area contributed by atoms with E-state index in [9.17, 15) is 23.1 Å². The van der Waals surface area contributed by atoms with Crippen LogP contribution in [0.3, 0.4) is 0 Å². The Labute approximate surface area is 191 Å². The number of rotatable bonds is 5. The van der Waals surface area contributed by atoms with Gasteiger partial charge in [-0.15, -0.1) is 0 Å². The fraction of sp³-hybridized carbons (Fsp3) is 0.500. The first kappa shape index (κ1) is 23.5. The third kappa shape index (κ3) is 4.56. The fourth-order valence-corrected chi connectivity index (χ4v) is 4.94. The molecule has 1 fully saturated rings. The Morgan fingerprint density at radius 3 is 2.58 bits per heavy atom. The molecule has 4 rings (SSSR count). The lowest BCUT2D eigenvalue weighted by Gasteiger charge is -2.32. The number of hydrogen-bond donors (Lipinski definition) is 3. The van der Waals surface area contributed by atoms with Gasteiger partial charge in [-0.1, -0.05) is 38.1 Å². The number of fused-ring (bicyclic) bond motifs is 1. The molecule has 1 amide bonds. The number of pyridine rings is 1. The van der Waals surface area contributed by atoms with Gasteiger partial charge < -0.3 is 20.6 Å². The molecule has 1 saturated heterocycles. The third-order valence-electron chi connectivity index (χ3n) is 6.86. The Morgan fingerprint density at radius 2 is 2.00 bits per heavy atom. The van der Waals surface area contributed by atoms with Crippen LogP contribution in [0.5, 0.6) is 0 Å². The number of aliphatic hydroxyl groups excluding tert-OH is 1. The fourth-order valence-electron chi connectivity index (χ4n) is 4.94. The van der Waals surface area contributed by atoms with Crippen molar-refractivity contribution < 1.29 is 23.1 Å². The lowest BCUT2D eigenvalue weighted by molar-refractivity contribution is -0.190. The number of amides is 1. The number of aromatic nitrogens is 1. The van der Waals surface area contributed by atoms with E-state index in [1.807, 2.05) is 12.1 Å². The van der Waals surface area contributed by atoms with Crippen molar-refractivity contribution in [3.63, 3.8) is 0 Å². The molecular weight excluding hydrogens is 433 g/mol. The number of alkyl halides is 3. The van der Waals surface area contributed by atoms with Crippen molar-refractivity contribution in [3.8, 4) is 0 Å². The molecule has 9 heteroatoms. The number of nitrogens with zero attached hydrogens (tertiary/aromatic N) is 2. The second kappa shape index (κ2) is 8.61. The van der Waals surface area contributed by atoms with Crippen LogP contribution in [0.4, 0.5) is 18.9 Å². The standard InChI is InChI=1S/C24H29F3N4O2/c1-23(2)17-7-5-4-6-14(17)10-20(23)30-15-8-9-18(28-12-15)21(24(25,26)27)31(3)22(33)19-11-16(32)13-29-19/h4-9,12,16,19-21,29-30,32H,10-11,13H2,1-3H3/t16-,19+,20+,21+/m1/s1. The molecule has 1 aromatic carbocycles. The zero-order chi connectivity index (χ0) is 24.0. The zero-order valence-corrected chi connectivity index (χ0v) is 18.9. The minimum absolute atomic E-state index is 0.0742. The van der Waals surface area contributed by atoms with Gasteiger partial charge >= 0.3 is 6.18 Å². The molecule has 0 saturated carbocycles. The van der Waals surface area contributed by atoms with Crippen LogP contribution in [0.25, 0.3) is 0 Å². The first-order chi connectivity index (χ1) is 15.5. The van der Waals surface area contributed by atoms with Crippen molar-refractivity contribution in [1.29, 1.82) is 0 Å². The summed E-state index contributed by atoms with van der Waals surface area (Å²) in [5, 5.41) is 15.8. The first-order valence-electron chi connectivity index (χ1n) is 11.0. The number of anilines is 1. The summed E-state index contributed by atoms with van der Waals surface area (Å²) in [4.78, 5) is 17.4. The van der Waals surface area contributed by atoms with Gasteiger partial charge in [-0.25, -0.2) is 0 Å². The van der Waals surface area contributed by atoms with Crippen LogP contribution in [0.1, 0.15) is 43.1 Å². The lowest BCUT2D eigenvalue weighted by Crippen LogP contribution is -2.47. The molecule has 1 aliphatic heterocycles. The SMILES string of the molecule is CN(C(=O)[C@@H]1C[C@@H](O)CN1)[C@@H](c1ccc(N[C@H]2Cc3ccccc3C2(C)C)cn1)C(F)(F)F. The highest BCUT2D eigenvalue weighted by molar-refractivity contribution is 5.82. The molecule has 0 bridgehead atoms. The highest BCUT2D eigenvalue weighted by Gasteiger charge is 2.48. The van der Waals surface area contributed by atoms with Crippen LogP contribution in [0.2, 0.25) is 0 Å². The molecule has 0 unspecified atom stereocenters. The van der Waals surface area contributed by atoms with E-state index < -0.39 is 30.3 Å². The molecule has 178 valence electrons. The topological polar surface area (TPSA) is 77.5 Å². The average molecular weight is 463 g/mol. The van der Waals surface area contributed by atoms with Crippen LogP contribution in [-0.4, -0.2) is 58.9 Å². The van der Waals surface area contributed by atoms with E-state index in [-0.39, 0.29) is 30.1 Å². The first-order valence-corrected chi connectivity index (χ1v) is 11.0. The number of aliphatic hydroxyl groups is 1. The Hall–Kier alpha value is -2.65. The lowest BCUT2D eigenvalue weighted by atomic mass is 9.83. The van der Waals surface area contributed by atoms with Crippen LogP contribution < -0.4 is 10.6 Å². The average Bonchev–Trinajstić information content (AvgIpc) is 3.29. The van der Waals surface area contributed by atoms with E-state index in [1.54, 1.807) is 6.07 Å². The van der Waals surface area contributed by atoms with Gasteiger partial charge in [0.15, 0.2) is 6.04 Å². The smallest absolute Gasteiger partial charge is 0.392 e. The maximum absolute atomic E-state index is 13.9. The number of benzene rings is 1. The van der Waals surface area contributed by atoms with E-state index in [1.165, 1.54) is 23.4 Å². The maximum atomic E-state index is 13.9. The molecule has 0 spiro atoms. The number of carbonyl (C=O) groups excluding carboxylic acids is 1. The molecule has 2 aliphatic rings. The molecule has 2 aromatic rings. The highest BCUT2D eigenvalue weighted by atomic mass is 19.4. The number of hydrogen-bond acceptors (Lipinski definition) is 5. The maximum Gasteiger partial charge on any atom is 0.414 e.